The van der Waals surface area contributed by atoms with Crippen molar-refractivity contribution in [1.82, 2.24) is 30.0 Å². The molecule has 1 aliphatic rings. The Morgan fingerprint density at radius 3 is 2.52 bits per heavy atom. The second kappa shape index (κ2) is 6.45. The van der Waals surface area contributed by atoms with Crippen LogP contribution in [-0.4, -0.2) is 62.1 Å². The average Bonchev–Trinajstić information content (AvgIpc) is 3.02. The lowest BCUT2D eigenvalue weighted by Gasteiger charge is -2.34. The summed E-state index contributed by atoms with van der Waals surface area (Å²) in [4.78, 5) is 16.4. The molecule has 0 unspecified atom stereocenters. The fraction of sp³-hybridized carbons (Fsp3) is 0.429. The number of rotatable bonds is 4. The van der Waals surface area contributed by atoms with E-state index in [1.54, 1.807) is 0 Å². The Labute approximate surface area is 123 Å². The van der Waals surface area contributed by atoms with Gasteiger partial charge in [-0.2, -0.15) is 0 Å². The van der Waals surface area contributed by atoms with Crippen LogP contribution in [0.4, 0.5) is 0 Å². The lowest BCUT2D eigenvalue weighted by Crippen LogP contribution is -2.49. The molecule has 0 atom stereocenters. The first-order valence-electron chi connectivity index (χ1n) is 7.06. The molecule has 3 rings (SSSR count). The van der Waals surface area contributed by atoms with Gasteiger partial charge in [-0.1, -0.05) is 30.3 Å². The van der Waals surface area contributed by atoms with E-state index in [9.17, 15) is 4.79 Å². The van der Waals surface area contributed by atoms with Gasteiger partial charge in [-0.05, 0) is 16.0 Å². The summed E-state index contributed by atoms with van der Waals surface area (Å²) >= 11 is 0. The molecule has 0 saturated carbocycles. The predicted octanol–water partition coefficient (Wildman–Crippen LogP) is 0.0175. The maximum atomic E-state index is 12.1. The number of amides is 1. The van der Waals surface area contributed by atoms with E-state index in [0.29, 0.717) is 0 Å². The van der Waals surface area contributed by atoms with Crippen LogP contribution in [-0.2, 0) is 17.9 Å². The van der Waals surface area contributed by atoms with Crippen molar-refractivity contribution in [3.63, 3.8) is 0 Å². The number of tetrazole rings is 1. The quantitative estimate of drug-likeness (QED) is 0.792. The van der Waals surface area contributed by atoms with Gasteiger partial charge in [-0.25, -0.2) is 4.68 Å². The highest BCUT2D eigenvalue weighted by Crippen LogP contribution is 2.08. The van der Waals surface area contributed by atoms with Crippen LogP contribution < -0.4 is 0 Å². The summed E-state index contributed by atoms with van der Waals surface area (Å²) in [7, 11) is 0. The normalized spacial score (nSPS) is 16.1. The van der Waals surface area contributed by atoms with Gasteiger partial charge in [0, 0.05) is 32.7 Å². The van der Waals surface area contributed by atoms with Gasteiger partial charge in [0.2, 0.25) is 5.91 Å². The third-order valence-electron chi connectivity index (χ3n) is 3.66. The van der Waals surface area contributed by atoms with E-state index in [2.05, 4.69) is 44.7 Å². The van der Waals surface area contributed by atoms with Crippen molar-refractivity contribution in [1.29, 1.82) is 0 Å². The Bertz CT molecular complexity index is 562. The average molecular weight is 286 g/mol. The molecule has 1 aliphatic heterocycles. The number of carbonyl (C=O) groups excluding carboxylic acids is 1. The van der Waals surface area contributed by atoms with Crippen molar-refractivity contribution in [3.05, 3.63) is 42.2 Å². The van der Waals surface area contributed by atoms with Crippen LogP contribution in [0.2, 0.25) is 0 Å². The van der Waals surface area contributed by atoms with E-state index in [0.717, 1.165) is 32.7 Å². The fourth-order valence-electron chi connectivity index (χ4n) is 2.49. The van der Waals surface area contributed by atoms with Crippen LogP contribution in [0.3, 0.4) is 0 Å². The lowest BCUT2D eigenvalue weighted by atomic mass is 10.2. The van der Waals surface area contributed by atoms with E-state index in [4.69, 9.17) is 0 Å². The molecular formula is C14H18N6O. The van der Waals surface area contributed by atoms with Crippen molar-refractivity contribution >= 4 is 5.91 Å². The van der Waals surface area contributed by atoms with E-state index in [-0.39, 0.29) is 12.5 Å². The highest BCUT2D eigenvalue weighted by Gasteiger charge is 2.21. The molecule has 1 amide bonds. The number of hydrogen-bond acceptors (Lipinski definition) is 5. The Hall–Kier alpha value is -2.28. The molecule has 0 aliphatic carbocycles. The van der Waals surface area contributed by atoms with Crippen LogP contribution in [0.1, 0.15) is 5.56 Å². The minimum atomic E-state index is 0.0710. The topological polar surface area (TPSA) is 67.2 Å². The summed E-state index contributed by atoms with van der Waals surface area (Å²) in [6.45, 7) is 4.47. The monoisotopic (exact) mass is 286 g/mol. The number of benzene rings is 1. The third kappa shape index (κ3) is 3.63. The summed E-state index contributed by atoms with van der Waals surface area (Å²) in [6.07, 6.45) is 1.46. The van der Waals surface area contributed by atoms with Crippen molar-refractivity contribution in [3.8, 4) is 0 Å². The minimum Gasteiger partial charge on any atom is -0.339 e. The zero-order chi connectivity index (χ0) is 14.5. The molecule has 1 saturated heterocycles. The molecule has 0 bridgehead atoms. The Morgan fingerprint density at radius 2 is 1.86 bits per heavy atom. The zero-order valence-electron chi connectivity index (χ0n) is 11.8. The van der Waals surface area contributed by atoms with Crippen LogP contribution >= 0.6 is 0 Å². The molecule has 110 valence electrons. The van der Waals surface area contributed by atoms with E-state index < -0.39 is 0 Å². The van der Waals surface area contributed by atoms with Crippen molar-refractivity contribution < 1.29 is 4.79 Å². The molecule has 2 aromatic rings. The fourth-order valence-corrected chi connectivity index (χ4v) is 2.49. The number of piperazine rings is 1. The van der Waals surface area contributed by atoms with Crippen LogP contribution in [0.25, 0.3) is 0 Å². The molecular weight excluding hydrogens is 268 g/mol. The summed E-state index contributed by atoms with van der Waals surface area (Å²) in [5, 5.41) is 10.8. The van der Waals surface area contributed by atoms with Gasteiger partial charge in [0.05, 0.1) is 0 Å². The van der Waals surface area contributed by atoms with Gasteiger partial charge >= 0.3 is 0 Å². The smallest absolute Gasteiger partial charge is 0.244 e. The Morgan fingerprint density at radius 1 is 1.10 bits per heavy atom. The first-order chi connectivity index (χ1) is 10.3. The molecule has 0 radical (unpaired) electrons. The van der Waals surface area contributed by atoms with E-state index in [1.165, 1.54) is 16.6 Å². The number of aromatic nitrogens is 4. The Balaban J connectivity index is 1.47. The highest BCUT2D eigenvalue weighted by molar-refractivity contribution is 5.75. The largest absolute Gasteiger partial charge is 0.339 e. The maximum Gasteiger partial charge on any atom is 0.244 e. The first-order valence-corrected chi connectivity index (χ1v) is 7.06. The Kier molecular flexibility index (Phi) is 4.20. The summed E-state index contributed by atoms with van der Waals surface area (Å²) in [5.41, 5.74) is 1.31. The molecule has 1 aromatic carbocycles. The molecule has 0 spiro atoms. The van der Waals surface area contributed by atoms with E-state index in [1.807, 2.05) is 11.0 Å². The van der Waals surface area contributed by atoms with Crippen molar-refractivity contribution in [2.24, 2.45) is 0 Å². The SMILES string of the molecule is O=C(Cn1cnnn1)N1CCN(Cc2ccccc2)CC1. The van der Waals surface area contributed by atoms with Gasteiger partial charge in [0.15, 0.2) is 0 Å². The summed E-state index contributed by atoms with van der Waals surface area (Å²) in [5.74, 6) is 0.0710. The summed E-state index contributed by atoms with van der Waals surface area (Å²) < 4.78 is 1.46. The lowest BCUT2D eigenvalue weighted by molar-refractivity contribution is -0.133. The number of carbonyl (C=O) groups is 1. The standard InChI is InChI=1S/C14H18N6O/c21-14(11-20-12-15-16-17-20)19-8-6-18(7-9-19)10-13-4-2-1-3-5-13/h1-5,12H,6-11H2. The summed E-state index contributed by atoms with van der Waals surface area (Å²) in [6, 6.07) is 10.4. The molecule has 0 N–H and O–H groups in total. The van der Waals surface area contributed by atoms with Gasteiger partial charge < -0.3 is 4.90 Å². The van der Waals surface area contributed by atoms with E-state index >= 15 is 0 Å². The van der Waals surface area contributed by atoms with Gasteiger partial charge in [0.1, 0.15) is 12.9 Å². The number of hydrogen-bond donors (Lipinski definition) is 0. The second-order valence-electron chi connectivity index (χ2n) is 5.15. The molecule has 7 heteroatoms. The molecule has 1 fully saturated rings. The highest BCUT2D eigenvalue weighted by atomic mass is 16.2. The van der Waals surface area contributed by atoms with Crippen molar-refractivity contribution in [2.75, 3.05) is 26.2 Å². The van der Waals surface area contributed by atoms with Gasteiger partial charge in [0.25, 0.3) is 0 Å². The number of nitrogens with zero attached hydrogens (tertiary/aromatic N) is 6. The zero-order valence-corrected chi connectivity index (χ0v) is 11.8. The predicted molar refractivity (Wildman–Crippen MR) is 76.1 cm³/mol. The molecule has 21 heavy (non-hydrogen) atoms. The molecule has 1 aromatic heterocycles. The van der Waals surface area contributed by atoms with Gasteiger partial charge in [-0.3, -0.25) is 9.69 Å². The second-order valence-corrected chi connectivity index (χ2v) is 5.15. The minimum absolute atomic E-state index is 0.0710. The van der Waals surface area contributed by atoms with Crippen LogP contribution in [0.15, 0.2) is 36.7 Å². The van der Waals surface area contributed by atoms with Gasteiger partial charge in [-0.15, -0.1) is 5.10 Å². The first kappa shape index (κ1) is 13.7. The van der Waals surface area contributed by atoms with Crippen LogP contribution in [0, 0.1) is 0 Å². The van der Waals surface area contributed by atoms with Crippen LogP contribution in [0.5, 0.6) is 0 Å². The third-order valence-corrected chi connectivity index (χ3v) is 3.66. The molecule has 7 nitrogen and oxygen atoms in total. The van der Waals surface area contributed by atoms with Crippen molar-refractivity contribution in [2.45, 2.75) is 13.1 Å². The maximum absolute atomic E-state index is 12.1. The molecule has 2 heterocycles.